The summed E-state index contributed by atoms with van der Waals surface area (Å²) >= 11 is 0. The fourth-order valence-electron chi connectivity index (χ4n) is 7.61. The van der Waals surface area contributed by atoms with Crippen molar-refractivity contribution >= 4 is 11.8 Å². The van der Waals surface area contributed by atoms with Crippen LogP contribution in [0.1, 0.15) is 108 Å². The molecule has 3 fully saturated rings. The lowest BCUT2D eigenvalue weighted by Crippen LogP contribution is -2.48. The van der Waals surface area contributed by atoms with Crippen molar-refractivity contribution in [3.8, 4) is 0 Å². The molecule has 2 saturated carbocycles. The Morgan fingerprint density at radius 3 is 1.98 bits per heavy atom. The third-order valence-corrected chi connectivity index (χ3v) is 9.91. The van der Waals surface area contributed by atoms with E-state index in [4.69, 9.17) is 9.47 Å². The highest BCUT2D eigenvalue weighted by molar-refractivity contribution is 5.96. The van der Waals surface area contributed by atoms with Crippen molar-refractivity contribution in [2.45, 2.75) is 137 Å². The highest BCUT2D eigenvalue weighted by Crippen LogP contribution is 2.67. The van der Waals surface area contributed by atoms with E-state index in [9.17, 15) is 19.8 Å². The maximum absolute atomic E-state index is 13.1. The fraction of sp³-hybridized carbons (Fsp3) is 0.575. The minimum absolute atomic E-state index is 0.0791. The molecule has 0 radical (unpaired) electrons. The van der Waals surface area contributed by atoms with E-state index in [-0.39, 0.29) is 34.8 Å². The lowest BCUT2D eigenvalue weighted by atomic mass is 9.61. The van der Waals surface area contributed by atoms with E-state index in [2.05, 4.69) is 19.6 Å². The zero-order chi connectivity index (χ0) is 34.7. The van der Waals surface area contributed by atoms with Crippen molar-refractivity contribution in [3.05, 3.63) is 88.3 Å². The van der Waals surface area contributed by atoms with Gasteiger partial charge in [0.25, 0.3) is 0 Å². The Balaban J connectivity index is 1.58. The zero-order valence-electron chi connectivity index (χ0n) is 29.9. The van der Waals surface area contributed by atoms with Gasteiger partial charge < -0.3 is 19.7 Å². The van der Waals surface area contributed by atoms with Crippen LogP contribution in [0.3, 0.4) is 0 Å². The first-order chi connectivity index (χ1) is 21.1. The number of fused-ring (bicyclic) bond motifs is 1. The molecule has 3 aliphatic rings. The molecule has 1 saturated heterocycles. The van der Waals surface area contributed by atoms with Crippen molar-refractivity contribution in [1.29, 1.82) is 0 Å². The predicted octanol–water partition coefficient (Wildman–Crippen LogP) is 8.14. The van der Waals surface area contributed by atoms with Crippen molar-refractivity contribution in [2.24, 2.45) is 10.8 Å². The first-order valence-corrected chi connectivity index (χ1v) is 16.5. The van der Waals surface area contributed by atoms with Crippen LogP contribution in [-0.4, -0.2) is 51.0 Å². The van der Waals surface area contributed by atoms with Gasteiger partial charge in [0.2, 0.25) is 0 Å². The first-order valence-electron chi connectivity index (χ1n) is 16.5. The van der Waals surface area contributed by atoms with E-state index in [0.29, 0.717) is 37.7 Å². The van der Waals surface area contributed by atoms with Gasteiger partial charge in [-0.1, -0.05) is 87.4 Å². The van der Waals surface area contributed by atoms with Crippen LogP contribution in [0.2, 0.25) is 0 Å². The average Bonchev–Trinajstić information content (AvgIpc) is 3.49. The molecule has 2 aliphatic carbocycles. The van der Waals surface area contributed by atoms with Gasteiger partial charge in [-0.3, -0.25) is 9.59 Å². The molecule has 3 rings (SSSR count). The number of aliphatic hydroxyl groups excluding tert-OH is 1. The monoisotopic (exact) mass is 632 g/mol. The van der Waals surface area contributed by atoms with E-state index < -0.39 is 16.8 Å². The minimum atomic E-state index is -1.11. The number of hydrogen-bond donors (Lipinski definition) is 2. The maximum Gasteiger partial charge on any atom is 0.302 e. The number of aliphatic hydroxyl groups is 2. The highest BCUT2D eigenvalue weighted by Gasteiger charge is 2.76. The molecule has 46 heavy (non-hydrogen) atoms. The predicted molar refractivity (Wildman–Crippen MR) is 185 cm³/mol. The minimum Gasteiger partial charge on any atom is -0.462 e. The first kappa shape index (κ1) is 37.4. The molecule has 0 spiro atoms. The Morgan fingerprint density at radius 2 is 1.43 bits per heavy atom. The van der Waals surface area contributed by atoms with Gasteiger partial charge in [-0.2, -0.15) is 0 Å². The van der Waals surface area contributed by atoms with Gasteiger partial charge in [0, 0.05) is 31.8 Å². The van der Waals surface area contributed by atoms with Crippen molar-refractivity contribution in [2.75, 3.05) is 0 Å². The van der Waals surface area contributed by atoms with Gasteiger partial charge >= 0.3 is 5.97 Å². The second-order valence-electron chi connectivity index (χ2n) is 15.5. The average molecular weight is 633 g/mol. The third kappa shape index (κ3) is 8.86. The van der Waals surface area contributed by atoms with E-state index in [0.717, 1.165) is 22.3 Å². The summed E-state index contributed by atoms with van der Waals surface area (Å²) in [6, 6.07) is 0. The number of carbonyl (C=O) groups is 2. The van der Waals surface area contributed by atoms with Crippen LogP contribution >= 0.6 is 0 Å². The largest absolute Gasteiger partial charge is 0.462 e. The van der Waals surface area contributed by atoms with Gasteiger partial charge in [-0.25, -0.2) is 0 Å². The number of rotatable bonds is 10. The number of allylic oxidation sites excluding steroid dienone is 12. The molecule has 6 nitrogen and oxygen atoms in total. The number of epoxide rings is 1. The topological polar surface area (TPSA) is 96.4 Å². The summed E-state index contributed by atoms with van der Waals surface area (Å²) in [5.41, 5.74) is 5.32. The molecule has 0 bridgehead atoms. The van der Waals surface area contributed by atoms with Gasteiger partial charge in [-0.05, 0) is 82.4 Å². The smallest absolute Gasteiger partial charge is 0.302 e. The van der Waals surface area contributed by atoms with E-state index in [1.165, 1.54) is 6.92 Å². The lowest BCUT2D eigenvalue weighted by molar-refractivity contribution is -0.152. The van der Waals surface area contributed by atoms with Crippen LogP contribution in [0.25, 0.3) is 0 Å². The molecule has 1 heterocycles. The molecule has 0 aromatic carbocycles. The summed E-state index contributed by atoms with van der Waals surface area (Å²) in [5.74, 6) is -0.248. The molecule has 6 heteroatoms. The SMILES string of the molecule is CC(=O)O[C@H]1CC(C)(C)C(=C=C/C(C)=C/C=C/C(C)=C/C=C(C)/C=C/C=C(\C)C(=O)C[C@@]23O[C@]2(C)C[C@@H](O)CC3(C)C)[C@](C)(O)C1. The second-order valence-corrected chi connectivity index (χ2v) is 15.5. The molecule has 0 aromatic rings. The van der Waals surface area contributed by atoms with Crippen LogP contribution in [0.4, 0.5) is 0 Å². The quantitative estimate of drug-likeness (QED) is 0.0830. The molecule has 2 N–H and O–H groups in total. The van der Waals surface area contributed by atoms with Gasteiger partial charge in [0.05, 0.1) is 17.3 Å². The molecule has 0 unspecified atom stereocenters. The Hall–Kier alpha value is -3.02. The number of ether oxygens (including phenoxy) is 2. The molecular weight excluding hydrogens is 576 g/mol. The van der Waals surface area contributed by atoms with Crippen molar-refractivity contribution in [1.82, 2.24) is 0 Å². The third-order valence-electron chi connectivity index (χ3n) is 9.91. The van der Waals surface area contributed by atoms with Crippen LogP contribution in [0.15, 0.2) is 88.3 Å². The summed E-state index contributed by atoms with van der Waals surface area (Å²) in [6.07, 6.45) is 19.6. The Morgan fingerprint density at radius 1 is 0.848 bits per heavy atom. The van der Waals surface area contributed by atoms with E-state index in [1.54, 1.807) is 6.92 Å². The summed E-state index contributed by atoms with van der Waals surface area (Å²) < 4.78 is 11.6. The summed E-state index contributed by atoms with van der Waals surface area (Å²) in [6.45, 7) is 21.4. The number of ketones is 1. The highest BCUT2D eigenvalue weighted by atomic mass is 16.6. The normalized spacial score (nSPS) is 33.1. The molecular formula is C40H56O6. The zero-order valence-corrected chi connectivity index (χ0v) is 29.9. The Kier molecular flexibility index (Phi) is 11.4. The van der Waals surface area contributed by atoms with Gasteiger partial charge in [0.1, 0.15) is 11.7 Å². The van der Waals surface area contributed by atoms with Crippen molar-refractivity contribution < 1.29 is 29.3 Å². The number of hydrogen-bond acceptors (Lipinski definition) is 6. The standard InChI is InChI=1S/C40H56O6/c1-27(14-12-15-29(3)20-21-35-36(6,7)24-33(45-31(5)41)25-38(35,10)44)18-19-28(2)16-13-17-30(4)34(43)26-40-37(8,9)22-32(42)23-39(40,11)46-40/h12-20,32-33,42,44H,22-26H2,1-11H3/b14-12+,16-13+,27-18+,28-19+,29-15+,30-17+/t21?,32-,33-,38+,39+,40-/m0/s1. The van der Waals surface area contributed by atoms with Gasteiger partial charge in [-0.15, -0.1) is 5.73 Å². The number of carbonyl (C=O) groups excluding carboxylic acids is 2. The maximum atomic E-state index is 13.1. The fourth-order valence-corrected chi connectivity index (χ4v) is 7.61. The summed E-state index contributed by atoms with van der Waals surface area (Å²) in [4.78, 5) is 24.6. The van der Waals surface area contributed by atoms with Crippen LogP contribution in [0, 0.1) is 10.8 Å². The Bertz CT molecular complexity index is 1430. The summed E-state index contributed by atoms with van der Waals surface area (Å²) in [7, 11) is 0. The number of esters is 1. The van der Waals surface area contributed by atoms with E-state index >= 15 is 0 Å². The summed E-state index contributed by atoms with van der Waals surface area (Å²) in [5, 5.41) is 21.4. The van der Waals surface area contributed by atoms with Crippen molar-refractivity contribution in [3.63, 3.8) is 0 Å². The molecule has 0 aromatic heterocycles. The molecule has 0 amide bonds. The van der Waals surface area contributed by atoms with E-state index in [1.807, 2.05) is 103 Å². The van der Waals surface area contributed by atoms with Crippen LogP contribution < -0.4 is 0 Å². The molecule has 1 aliphatic heterocycles. The number of Topliss-reactive ketones (excluding diaryl/α,β-unsaturated/α-hetero) is 1. The molecule has 5 atom stereocenters. The molecule has 252 valence electrons. The van der Waals surface area contributed by atoms with Crippen LogP contribution in [-0.2, 0) is 19.1 Å². The second kappa shape index (κ2) is 14.0. The van der Waals surface area contributed by atoms with Crippen LogP contribution in [0.5, 0.6) is 0 Å². The lowest BCUT2D eigenvalue weighted by Gasteiger charge is -2.44. The Labute approximate surface area is 277 Å². The van der Waals surface area contributed by atoms with Gasteiger partial charge in [0.15, 0.2) is 5.78 Å².